The van der Waals surface area contributed by atoms with Crippen molar-refractivity contribution < 1.29 is 4.79 Å². The fourth-order valence-corrected chi connectivity index (χ4v) is 2.35. The predicted molar refractivity (Wildman–Crippen MR) is 81.7 cm³/mol. The molecule has 0 aliphatic heterocycles. The first kappa shape index (κ1) is 14.4. The minimum absolute atomic E-state index is 0.249. The Labute approximate surface area is 120 Å². The summed E-state index contributed by atoms with van der Waals surface area (Å²) in [6.45, 7) is 2.15. The zero-order valence-corrected chi connectivity index (χ0v) is 12.0. The molecule has 0 N–H and O–H groups in total. The molecule has 0 amide bonds. The molecule has 1 heterocycles. The molecule has 0 saturated heterocycles. The van der Waals surface area contributed by atoms with Crippen LogP contribution in [0.5, 0.6) is 0 Å². The highest BCUT2D eigenvalue weighted by atomic mass is 16.1. The van der Waals surface area contributed by atoms with Gasteiger partial charge in [0.1, 0.15) is 0 Å². The fraction of sp³-hybridized carbons (Fsp3) is 0.333. The van der Waals surface area contributed by atoms with Gasteiger partial charge in [-0.15, -0.1) is 0 Å². The van der Waals surface area contributed by atoms with Gasteiger partial charge in [0.2, 0.25) is 0 Å². The standard InChI is InChI=1S/C18H21NO/c1-2-15(11-12-17-10-6-7-13-19-17)14-18(20)16-8-4-3-5-9-16/h3-10,13,15H,2,11-12,14H2,1H3/t15-/m1/s1. The Hall–Kier alpha value is -1.96. The van der Waals surface area contributed by atoms with E-state index in [4.69, 9.17) is 0 Å². The third kappa shape index (κ3) is 4.30. The van der Waals surface area contributed by atoms with E-state index in [1.54, 1.807) is 0 Å². The quantitative estimate of drug-likeness (QED) is 0.699. The Balaban J connectivity index is 1.88. The molecule has 0 spiro atoms. The number of carbonyl (C=O) groups is 1. The second-order valence-corrected chi connectivity index (χ2v) is 5.13. The lowest BCUT2D eigenvalue weighted by atomic mass is 9.91. The number of hydrogen-bond acceptors (Lipinski definition) is 2. The second kappa shape index (κ2) is 7.59. The predicted octanol–water partition coefficient (Wildman–Crippen LogP) is 4.31. The van der Waals surface area contributed by atoms with Crippen molar-refractivity contribution in [3.8, 4) is 0 Å². The lowest BCUT2D eigenvalue weighted by Gasteiger charge is -2.13. The summed E-state index contributed by atoms with van der Waals surface area (Å²) < 4.78 is 0. The van der Waals surface area contributed by atoms with E-state index in [9.17, 15) is 4.79 Å². The van der Waals surface area contributed by atoms with Gasteiger partial charge in [0.15, 0.2) is 5.78 Å². The molecule has 104 valence electrons. The minimum atomic E-state index is 0.249. The Bertz CT molecular complexity index is 522. The van der Waals surface area contributed by atoms with Gasteiger partial charge in [-0.1, -0.05) is 49.7 Å². The van der Waals surface area contributed by atoms with Crippen molar-refractivity contribution in [2.75, 3.05) is 0 Å². The zero-order chi connectivity index (χ0) is 14.2. The van der Waals surface area contributed by atoms with Gasteiger partial charge in [0.25, 0.3) is 0 Å². The largest absolute Gasteiger partial charge is 0.294 e. The summed E-state index contributed by atoms with van der Waals surface area (Å²) in [5.41, 5.74) is 1.93. The molecule has 0 radical (unpaired) electrons. The summed E-state index contributed by atoms with van der Waals surface area (Å²) in [7, 11) is 0. The van der Waals surface area contributed by atoms with Crippen molar-refractivity contribution in [1.82, 2.24) is 4.98 Å². The summed E-state index contributed by atoms with van der Waals surface area (Å²) in [5, 5.41) is 0. The number of ketones is 1. The first-order chi connectivity index (χ1) is 9.79. The number of pyridine rings is 1. The van der Waals surface area contributed by atoms with Crippen LogP contribution in [0.4, 0.5) is 0 Å². The lowest BCUT2D eigenvalue weighted by molar-refractivity contribution is 0.0957. The van der Waals surface area contributed by atoms with Crippen LogP contribution in [0.25, 0.3) is 0 Å². The number of aromatic nitrogens is 1. The van der Waals surface area contributed by atoms with Crippen LogP contribution in [-0.2, 0) is 6.42 Å². The van der Waals surface area contributed by atoms with Crippen LogP contribution in [-0.4, -0.2) is 10.8 Å². The van der Waals surface area contributed by atoms with E-state index >= 15 is 0 Å². The molecule has 2 aromatic rings. The van der Waals surface area contributed by atoms with Gasteiger partial charge in [-0.05, 0) is 30.9 Å². The maximum Gasteiger partial charge on any atom is 0.163 e. The molecule has 2 heteroatoms. The summed E-state index contributed by atoms with van der Waals surface area (Å²) in [6.07, 6.45) is 5.46. The molecule has 0 saturated carbocycles. The van der Waals surface area contributed by atoms with Gasteiger partial charge >= 0.3 is 0 Å². The monoisotopic (exact) mass is 267 g/mol. The Kier molecular flexibility index (Phi) is 5.48. The number of aryl methyl sites for hydroxylation is 1. The second-order valence-electron chi connectivity index (χ2n) is 5.13. The molecule has 0 fully saturated rings. The van der Waals surface area contributed by atoms with Gasteiger partial charge in [0.05, 0.1) is 0 Å². The van der Waals surface area contributed by atoms with E-state index < -0.39 is 0 Å². The summed E-state index contributed by atoms with van der Waals surface area (Å²) in [6, 6.07) is 15.6. The number of Topliss-reactive ketones (excluding diaryl/α,β-unsaturated/α-hetero) is 1. The number of benzene rings is 1. The Morgan fingerprint density at radius 2 is 1.85 bits per heavy atom. The highest BCUT2D eigenvalue weighted by molar-refractivity contribution is 5.96. The van der Waals surface area contributed by atoms with Crippen LogP contribution in [0, 0.1) is 5.92 Å². The van der Waals surface area contributed by atoms with E-state index in [0.29, 0.717) is 12.3 Å². The highest BCUT2D eigenvalue weighted by Gasteiger charge is 2.13. The zero-order valence-electron chi connectivity index (χ0n) is 12.0. The van der Waals surface area contributed by atoms with Crippen LogP contribution in [0.2, 0.25) is 0 Å². The topological polar surface area (TPSA) is 30.0 Å². The number of nitrogens with zero attached hydrogens (tertiary/aromatic N) is 1. The highest BCUT2D eigenvalue weighted by Crippen LogP contribution is 2.18. The molecule has 0 bridgehead atoms. The first-order valence-corrected chi connectivity index (χ1v) is 7.27. The fourth-order valence-electron chi connectivity index (χ4n) is 2.35. The summed E-state index contributed by atoms with van der Waals surface area (Å²) in [5.74, 6) is 0.684. The average molecular weight is 267 g/mol. The third-order valence-electron chi connectivity index (χ3n) is 3.68. The van der Waals surface area contributed by atoms with E-state index in [-0.39, 0.29) is 5.78 Å². The molecule has 1 atom stereocenters. The Morgan fingerprint density at radius 1 is 1.10 bits per heavy atom. The molecule has 1 aromatic carbocycles. The van der Waals surface area contributed by atoms with Crippen LogP contribution in [0.3, 0.4) is 0 Å². The van der Waals surface area contributed by atoms with Crippen molar-refractivity contribution in [3.05, 3.63) is 66.0 Å². The lowest BCUT2D eigenvalue weighted by Crippen LogP contribution is -2.09. The molecule has 1 aromatic heterocycles. The van der Waals surface area contributed by atoms with Crippen molar-refractivity contribution >= 4 is 5.78 Å². The Morgan fingerprint density at radius 3 is 2.50 bits per heavy atom. The number of carbonyl (C=O) groups excluding carboxylic acids is 1. The molecule has 0 aliphatic rings. The average Bonchev–Trinajstić information content (AvgIpc) is 2.53. The first-order valence-electron chi connectivity index (χ1n) is 7.27. The molecule has 0 aliphatic carbocycles. The maximum atomic E-state index is 12.2. The number of hydrogen-bond donors (Lipinski definition) is 0. The van der Waals surface area contributed by atoms with Crippen LogP contribution < -0.4 is 0 Å². The molecular formula is C18H21NO. The van der Waals surface area contributed by atoms with Crippen LogP contribution >= 0.6 is 0 Å². The van der Waals surface area contributed by atoms with Crippen molar-refractivity contribution in [3.63, 3.8) is 0 Å². The summed E-state index contributed by atoms with van der Waals surface area (Å²) >= 11 is 0. The van der Waals surface area contributed by atoms with Gasteiger partial charge < -0.3 is 0 Å². The van der Waals surface area contributed by atoms with E-state index in [0.717, 1.165) is 30.5 Å². The normalized spacial score (nSPS) is 12.1. The van der Waals surface area contributed by atoms with Crippen molar-refractivity contribution in [1.29, 1.82) is 0 Å². The van der Waals surface area contributed by atoms with Crippen molar-refractivity contribution in [2.45, 2.75) is 32.6 Å². The molecule has 2 nitrogen and oxygen atoms in total. The van der Waals surface area contributed by atoms with Gasteiger partial charge in [0, 0.05) is 23.9 Å². The van der Waals surface area contributed by atoms with Crippen molar-refractivity contribution in [2.24, 2.45) is 5.92 Å². The van der Waals surface area contributed by atoms with Gasteiger partial charge in [-0.2, -0.15) is 0 Å². The van der Waals surface area contributed by atoms with Crippen LogP contribution in [0.1, 0.15) is 42.2 Å². The number of rotatable bonds is 7. The van der Waals surface area contributed by atoms with Crippen LogP contribution in [0.15, 0.2) is 54.7 Å². The maximum absolute atomic E-state index is 12.2. The van der Waals surface area contributed by atoms with E-state index in [1.165, 1.54) is 0 Å². The molecular weight excluding hydrogens is 246 g/mol. The SMILES string of the molecule is CC[C@H](CCc1ccccn1)CC(=O)c1ccccc1. The minimum Gasteiger partial charge on any atom is -0.294 e. The smallest absolute Gasteiger partial charge is 0.163 e. The third-order valence-corrected chi connectivity index (χ3v) is 3.68. The van der Waals surface area contributed by atoms with Gasteiger partial charge in [-0.25, -0.2) is 0 Å². The molecule has 20 heavy (non-hydrogen) atoms. The van der Waals surface area contributed by atoms with E-state index in [2.05, 4.69) is 11.9 Å². The summed E-state index contributed by atoms with van der Waals surface area (Å²) in [4.78, 5) is 16.5. The van der Waals surface area contributed by atoms with E-state index in [1.807, 2.05) is 54.7 Å². The molecule has 2 rings (SSSR count). The van der Waals surface area contributed by atoms with Gasteiger partial charge in [-0.3, -0.25) is 9.78 Å². The molecule has 0 unspecified atom stereocenters.